The number of nitrogen functional groups attached to an aromatic ring is 1. The number of hydrogen-bond acceptors (Lipinski definition) is 4. The fourth-order valence-electron chi connectivity index (χ4n) is 2.12. The van der Waals surface area contributed by atoms with E-state index in [0.717, 1.165) is 37.4 Å². The molecule has 0 unspecified atom stereocenters. The van der Waals surface area contributed by atoms with Crippen LogP contribution in [0.15, 0.2) is 36.9 Å². The number of benzene rings is 1. The molecule has 0 atom stereocenters. The van der Waals surface area contributed by atoms with Crippen molar-refractivity contribution < 1.29 is 4.74 Å². The molecule has 5 nitrogen and oxygen atoms in total. The van der Waals surface area contributed by atoms with Crippen molar-refractivity contribution in [3.05, 3.63) is 36.9 Å². The summed E-state index contributed by atoms with van der Waals surface area (Å²) < 4.78 is 7.78. The first-order valence-corrected chi connectivity index (χ1v) is 7.41. The molecule has 2 aromatic rings. The molecule has 0 aliphatic carbocycles. The lowest BCUT2D eigenvalue weighted by Gasteiger charge is -2.15. The Bertz CT molecular complexity index is 537. The second-order valence-electron chi connectivity index (χ2n) is 5.32. The minimum Gasteiger partial charge on any atom is -0.489 e. The van der Waals surface area contributed by atoms with Gasteiger partial charge in [-0.1, -0.05) is 6.07 Å². The quantitative estimate of drug-likeness (QED) is 0.578. The van der Waals surface area contributed by atoms with Crippen LogP contribution in [0.5, 0.6) is 5.75 Å². The van der Waals surface area contributed by atoms with E-state index >= 15 is 0 Å². The number of nitrogens with zero attached hydrogens (tertiary/aromatic N) is 2. The summed E-state index contributed by atoms with van der Waals surface area (Å²) in [4.78, 5) is 4.03. The van der Waals surface area contributed by atoms with E-state index in [9.17, 15) is 0 Å². The number of rotatable bonds is 8. The van der Waals surface area contributed by atoms with E-state index in [4.69, 9.17) is 10.5 Å². The number of aryl methyl sites for hydroxylation is 1. The Morgan fingerprint density at radius 2 is 2.19 bits per heavy atom. The first-order chi connectivity index (χ1) is 10.2. The van der Waals surface area contributed by atoms with Crippen molar-refractivity contribution in [3.63, 3.8) is 0 Å². The summed E-state index contributed by atoms with van der Waals surface area (Å²) in [5.74, 6) is 0.744. The van der Waals surface area contributed by atoms with E-state index in [1.54, 1.807) is 6.20 Å². The summed E-state index contributed by atoms with van der Waals surface area (Å²) in [6.45, 7) is 5.88. The van der Waals surface area contributed by atoms with Crippen LogP contribution < -0.4 is 15.8 Å². The molecule has 0 radical (unpaired) electrons. The lowest BCUT2D eigenvalue weighted by molar-refractivity contribution is 0.244. The number of imidazole rings is 1. The van der Waals surface area contributed by atoms with Gasteiger partial charge in [-0.3, -0.25) is 0 Å². The second-order valence-corrected chi connectivity index (χ2v) is 5.32. The first-order valence-electron chi connectivity index (χ1n) is 7.41. The predicted molar refractivity (Wildman–Crippen MR) is 86.6 cm³/mol. The summed E-state index contributed by atoms with van der Waals surface area (Å²) in [5, 5.41) is 3.38. The van der Waals surface area contributed by atoms with Crippen LogP contribution in [-0.2, 0) is 6.54 Å². The lowest BCUT2D eigenvalue weighted by atomic mass is 10.2. The molecule has 0 spiro atoms. The highest BCUT2D eigenvalue weighted by Gasteiger charge is 2.06. The number of nitrogens with two attached hydrogens (primary N) is 1. The topological polar surface area (TPSA) is 65.1 Å². The smallest absolute Gasteiger partial charge is 0.144 e. The minimum atomic E-state index is 0.123. The highest BCUT2D eigenvalue weighted by Crippen LogP contribution is 2.30. The minimum absolute atomic E-state index is 0.123. The molecule has 0 aliphatic heterocycles. The number of aromatic nitrogens is 2. The average Bonchev–Trinajstić information content (AvgIpc) is 2.95. The second kappa shape index (κ2) is 7.57. The largest absolute Gasteiger partial charge is 0.489 e. The summed E-state index contributed by atoms with van der Waals surface area (Å²) >= 11 is 0. The van der Waals surface area contributed by atoms with Gasteiger partial charge in [0.25, 0.3) is 0 Å². The molecular weight excluding hydrogens is 264 g/mol. The van der Waals surface area contributed by atoms with Crippen molar-refractivity contribution in [2.24, 2.45) is 0 Å². The van der Waals surface area contributed by atoms with Crippen LogP contribution in [0.25, 0.3) is 0 Å². The summed E-state index contributed by atoms with van der Waals surface area (Å²) in [5.41, 5.74) is 7.75. The van der Waals surface area contributed by atoms with Crippen molar-refractivity contribution in [1.82, 2.24) is 9.55 Å². The zero-order valence-corrected chi connectivity index (χ0v) is 12.7. The molecule has 5 heteroatoms. The molecule has 21 heavy (non-hydrogen) atoms. The molecule has 0 aliphatic rings. The van der Waals surface area contributed by atoms with Gasteiger partial charge in [0.1, 0.15) is 5.75 Å². The SMILES string of the molecule is CC(C)Oc1cccc(NCCCCn2ccnc2)c1N. The zero-order chi connectivity index (χ0) is 15.1. The van der Waals surface area contributed by atoms with Crippen molar-refractivity contribution in [1.29, 1.82) is 0 Å². The molecule has 0 saturated heterocycles. The van der Waals surface area contributed by atoms with Crippen LogP contribution in [0.1, 0.15) is 26.7 Å². The molecule has 1 heterocycles. The molecular formula is C16H24N4O. The Hall–Kier alpha value is -2.17. The van der Waals surface area contributed by atoms with Crippen LogP contribution in [0.3, 0.4) is 0 Å². The number of nitrogens with one attached hydrogen (secondary N) is 1. The van der Waals surface area contributed by atoms with Crippen molar-refractivity contribution in [2.45, 2.75) is 39.3 Å². The number of anilines is 2. The molecule has 114 valence electrons. The van der Waals surface area contributed by atoms with Crippen LogP contribution >= 0.6 is 0 Å². The van der Waals surface area contributed by atoms with Gasteiger partial charge in [-0.2, -0.15) is 0 Å². The predicted octanol–water partition coefficient (Wildman–Crippen LogP) is 3.14. The van der Waals surface area contributed by atoms with Crippen molar-refractivity contribution in [2.75, 3.05) is 17.6 Å². The van der Waals surface area contributed by atoms with E-state index in [0.29, 0.717) is 5.69 Å². The van der Waals surface area contributed by atoms with Crippen LogP contribution in [0.2, 0.25) is 0 Å². The molecule has 2 rings (SSSR count). The lowest BCUT2D eigenvalue weighted by Crippen LogP contribution is -2.10. The summed E-state index contributed by atoms with van der Waals surface area (Å²) in [6, 6.07) is 5.85. The molecule has 0 fully saturated rings. The fraction of sp³-hybridized carbons (Fsp3) is 0.438. The number of unbranched alkanes of at least 4 members (excludes halogenated alkanes) is 1. The van der Waals surface area contributed by atoms with Gasteiger partial charge in [0.2, 0.25) is 0 Å². The van der Waals surface area contributed by atoms with Gasteiger partial charge < -0.3 is 20.4 Å². The Morgan fingerprint density at radius 3 is 2.90 bits per heavy atom. The van der Waals surface area contributed by atoms with Crippen molar-refractivity contribution in [3.8, 4) is 5.75 Å². The maximum Gasteiger partial charge on any atom is 0.144 e. The van der Waals surface area contributed by atoms with Crippen LogP contribution in [-0.4, -0.2) is 22.2 Å². The third-order valence-electron chi connectivity index (χ3n) is 3.15. The Morgan fingerprint density at radius 1 is 1.33 bits per heavy atom. The molecule has 0 amide bonds. The number of hydrogen-bond donors (Lipinski definition) is 2. The van der Waals surface area contributed by atoms with E-state index < -0.39 is 0 Å². The number of para-hydroxylation sites is 1. The summed E-state index contributed by atoms with van der Waals surface area (Å²) in [6.07, 6.45) is 7.94. The Balaban J connectivity index is 1.77. The molecule has 1 aromatic carbocycles. The monoisotopic (exact) mass is 288 g/mol. The van der Waals surface area contributed by atoms with Crippen LogP contribution in [0.4, 0.5) is 11.4 Å². The highest BCUT2D eigenvalue weighted by atomic mass is 16.5. The first kappa shape index (κ1) is 15.2. The molecule has 0 bridgehead atoms. The molecule has 1 aromatic heterocycles. The van der Waals surface area contributed by atoms with Gasteiger partial charge in [0, 0.05) is 25.5 Å². The number of ether oxygens (including phenoxy) is 1. The summed E-state index contributed by atoms with van der Waals surface area (Å²) in [7, 11) is 0. The normalized spacial score (nSPS) is 10.8. The maximum atomic E-state index is 6.12. The van der Waals surface area contributed by atoms with E-state index in [2.05, 4.69) is 14.9 Å². The highest BCUT2D eigenvalue weighted by molar-refractivity contribution is 5.72. The van der Waals surface area contributed by atoms with Gasteiger partial charge in [0.15, 0.2) is 0 Å². The maximum absolute atomic E-state index is 6.12. The third kappa shape index (κ3) is 4.70. The third-order valence-corrected chi connectivity index (χ3v) is 3.15. The molecule has 3 N–H and O–H groups in total. The van der Waals surface area contributed by atoms with Gasteiger partial charge in [-0.15, -0.1) is 0 Å². The van der Waals surface area contributed by atoms with E-state index in [-0.39, 0.29) is 6.10 Å². The van der Waals surface area contributed by atoms with Gasteiger partial charge in [-0.25, -0.2) is 4.98 Å². The fourth-order valence-corrected chi connectivity index (χ4v) is 2.12. The Labute approximate surface area is 126 Å². The van der Waals surface area contributed by atoms with E-state index in [1.165, 1.54) is 0 Å². The average molecular weight is 288 g/mol. The van der Waals surface area contributed by atoms with Gasteiger partial charge in [0.05, 0.1) is 23.8 Å². The van der Waals surface area contributed by atoms with Crippen LogP contribution in [0, 0.1) is 0 Å². The molecule has 0 saturated carbocycles. The van der Waals surface area contributed by atoms with E-state index in [1.807, 2.05) is 44.6 Å². The zero-order valence-electron chi connectivity index (χ0n) is 12.7. The van der Waals surface area contributed by atoms with Gasteiger partial charge >= 0.3 is 0 Å². The van der Waals surface area contributed by atoms with Gasteiger partial charge in [-0.05, 0) is 38.8 Å². The standard InChI is InChI=1S/C16H24N4O/c1-13(2)21-15-7-5-6-14(16(15)17)19-8-3-4-10-20-11-9-18-12-20/h5-7,9,11-13,19H,3-4,8,10,17H2,1-2H3. The Kier molecular flexibility index (Phi) is 5.49. The van der Waals surface area contributed by atoms with Crippen molar-refractivity contribution >= 4 is 11.4 Å².